The maximum absolute atomic E-state index is 12.7. The van der Waals surface area contributed by atoms with E-state index < -0.39 is 0 Å². The first kappa shape index (κ1) is 13.7. The van der Waals surface area contributed by atoms with Crippen LogP contribution in [0.15, 0.2) is 0 Å². The second-order valence-corrected chi connectivity index (χ2v) is 8.08. The van der Waals surface area contributed by atoms with Gasteiger partial charge in [0.1, 0.15) is 0 Å². The van der Waals surface area contributed by atoms with Crippen LogP contribution < -0.4 is 5.32 Å². The Morgan fingerprint density at radius 3 is 2.47 bits per heavy atom. The van der Waals surface area contributed by atoms with Gasteiger partial charge < -0.3 is 5.32 Å². The Morgan fingerprint density at radius 2 is 1.89 bits per heavy atom. The number of halogens is 1. The minimum absolute atomic E-state index is 0.0141. The lowest BCUT2D eigenvalue weighted by Crippen LogP contribution is -2.56. The quantitative estimate of drug-likeness (QED) is 0.605. The predicted molar refractivity (Wildman–Crippen MR) is 78.2 cm³/mol. The minimum atomic E-state index is -0.0141. The van der Waals surface area contributed by atoms with Crippen molar-refractivity contribution < 1.29 is 4.79 Å². The van der Waals surface area contributed by atoms with Gasteiger partial charge in [0.2, 0.25) is 5.91 Å². The molecule has 108 valence electrons. The minimum Gasteiger partial charge on any atom is -0.356 e. The van der Waals surface area contributed by atoms with Gasteiger partial charge in [-0.2, -0.15) is 0 Å². The highest BCUT2D eigenvalue weighted by molar-refractivity contribution is 6.17. The van der Waals surface area contributed by atoms with Gasteiger partial charge in [0.15, 0.2) is 0 Å². The highest BCUT2D eigenvalue weighted by atomic mass is 35.5. The molecule has 19 heavy (non-hydrogen) atoms. The summed E-state index contributed by atoms with van der Waals surface area (Å²) in [7, 11) is 0. The zero-order chi connectivity index (χ0) is 13.5. The van der Waals surface area contributed by atoms with E-state index in [1.165, 1.54) is 19.3 Å². The third kappa shape index (κ3) is 2.53. The van der Waals surface area contributed by atoms with E-state index >= 15 is 0 Å². The molecule has 2 atom stereocenters. The van der Waals surface area contributed by atoms with E-state index in [9.17, 15) is 4.79 Å². The Bertz CT molecular complexity index is 354. The summed E-state index contributed by atoms with van der Waals surface area (Å²) in [6, 6.07) is 0. The summed E-state index contributed by atoms with van der Waals surface area (Å²) in [5.41, 5.74) is 0.442. The molecule has 4 rings (SSSR count). The van der Waals surface area contributed by atoms with Crippen molar-refractivity contribution in [3.8, 4) is 0 Å². The molecule has 4 saturated carbocycles. The van der Waals surface area contributed by atoms with Gasteiger partial charge in [0, 0.05) is 12.4 Å². The molecule has 0 aromatic carbocycles. The number of rotatable bonds is 5. The Labute approximate surface area is 121 Å². The molecule has 3 heteroatoms. The van der Waals surface area contributed by atoms with Crippen LogP contribution in [-0.2, 0) is 4.79 Å². The molecule has 0 spiro atoms. The summed E-state index contributed by atoms with van der Waals surface area (Å²) < 4.78 is 0. The molecule has 4 bridgehead atoms. The number of unbranched alkanes of at least 4 members (excludes halogenated alkanes) is 1. The smallest absolute Gasteiger partial charge is 0.226 e. The number of hydrogen-bond donors (Lipinski definition) is 1. The standard InChI is InChI=1S/C16H26ClNO/c1-15-7-12-6-13(8-15)10-16(9-12,11-15)14(19)18-5-3-2-4-17/h12-13H,2-11H2,1H3,(H,18,19). The zero-order valence-corrected chi connectivity index (χ0v) is 12.8. The van der Waals surface area contributed by atoms with Gasteiger partial charge in [0.25, 0.3) is 0 Å². The third-order valence-corrected chi connectivity index (χ3v) is 5.95. The van der Waals surface area contributed by atoms with Crippen molar-refractivity contribution in [1.29, 1.82) is 0 Å². The van der Waals surface area contributed by atoms with Crippen LogP contribution in [0.3, 0.4) is 0 Å². The first-order valence-corrected chi connectivity index (χ1v) is 8.43. The van der Waals surface area contributed by atoms with Crippen LogP contribution in [0.25, 0.3) is 0 Å². The average molecular weight is 284 g/mol. The number of nitrogens with one attached hydrogen (secondary N) is 1. The van der Waals surface area contributed by atoms with E-state index in [4.69, 9.17) is 11.6 Å². The monoisotopic (exact) mass is 283 g/mol. The van der Waals surface area contributed by atoms with Crippen molar-refractivity contribution in [1.82, 2.24) is 5.32 Å². The van der Waals surface area contributed by atoms with Gasteiger partial charge in [0.05, 0.1) is 5.41 Å². The molecule has 1 N–H and O–H groups in total. The van der Waals surface area contributed by atoms with Crippen LogP contribution in [0.2, 0.25) is 0 Å². The molecule has 0 heterocycles. The summed E-state index contributed by atoms with van der Waals surface area (Å²) in [5, 5.41) is 3.19. The van der Waals surface area contributed by atoms with E-state index in [2.05, 4.69) is 12.2 Å². The van der Waals surface area contributed by atoms with Crippen LogP contribution in [0.5, 0.6) is 0 Å². The average Bonchev–Trinajstić information content (AvgIpc) is 2.31. The lowest BCUT2D eigenvalue weighted by molar-refractivity contribution is -0.155. The van der Waals surface area contributed by atoms with Gasteiger partial charge in [-0.15, -0.1) is 11.6 Å². The van der Waals surface area contributed by atoms with Crippen LogP contribution in [0, 0.1) is 22.7 Å². The van der Waals surface area contributed by atoms with E-state index in [1.807, 2.05) is 0 Å². The zero-order valence-electron chi connectivity index (χ0n) is 12.0. The van der Waals surface area contributed by atoms with Crippen molar-refractivity contribution in [2.24, 2.45) is 22.7 Å². The van der Waals surface area contributed by atoms with E-state index in [-0.39, 0.29) is 5.41 Å². The fourth-order valence-corrected chi connectivity index (χ4v) is 5.78. The van der Waals surface area contributed by atoms with Crippen molar-refractivity contribution in [3.63, 3.8) is 0 Å². The van der Waals surface area contributed by atoms with Gasteiger partial charge in [-0.3, -0.25) is 4.79 Å². The molecule has 4 aliphatic carbocycles. The van der Waals surface area contributed by atoms with Crippen LogP contribution in [0.4, 0.5) is 0 Å². The van der Waals surface area contributed by atoms with E-state index in [0.29, 0.717) is 17.2 Å². The summed E-state index contributed by atoms with van der Waals surface area (Å²) in [6.07, 6.45) is 9.56. The summed E-state index contributed by atoms with van der Waals surface area (Å²) >= 11 is 5.68. The number of carbonyl (C=O) groups excluding carboxylic acids is 1. The molecule has 1 amide bonds. The largest absolute Gasteiger partial charge is 0.356 e. The Balaban J connectivity index is 1.64. The van der Waals surface area contributed by atoms with Crippen LogP contribution in [0.1, 0.15) is 58.3 Å². The second-order valence-electron chi connectivity index (χ2n) is 7.70. The molecular weight excluding hydrogens is 258 g/mol. The molecule has 2 nitrogen and oxygen atoms in total. The molecule has 0 saturated heterocycles. The number of carbonyl (C=O) groups is 1. The lowest BCUT2D eigenvalue weighted by Gasteiger charge is -2.60. The highest BCUT2D eigenvalue weighted by Crippen LogP contribution is 2.65. The Morgan fingerprint density at radius 1 is 1.21 bits per heavy atom. The summed E-state index contributed by atoms with van der Waals surface area (Å²) in [6.45, 7) is 3.22. The molecule has 0 aliphatic heterocycles. The number of alkyl halides is 1. The summed E-state index contributed by atoms with van der Waals surface area (Å²) in [4.78, 5) is 12.7. The Hall–Kier alpha value is -0.240. The SMILES string of the molecule is CC12CC3CC(C1)CC(C(=O)NCCCCCl)(C3)C2. The highest BCUT2D eigenvalue weighted by Gasteiger charge is 2.58. The fourth-order valence-electron chi connectivity index (χ4n) is 5.59. The molecule has 4 aliphatic rings. The van der Waals surface area contributed by atoms with Crippen molar-refractivity contribution in [2.75, 3.05) is 12.4 Å². The first-order chi connectivity index (χ1) is 9.05. The van der Waals surface area contributed by atoms with Crippen molar-refractivity contribution >= 4 is 17.5 Å². The Kier molecular flexibility index (Phi) is 3.57. The molecular formula is C16H26ClNO. The van der Waals surface area contributed by atoms with Crippen molar-refractivity contribution in [3.05, 3.63) is 0 Å². The topological polar surface area (TPSA) is 29.1 Å². The van der Waals surface area contributed by atoms with Crippen LogP contribution in [-0.4, -0.2) is 18.3 Å². The third-order valence-electron chi connectivity index (χ3n) is 5.68. The second kappa shape index (κ2) is 4.95. The van der Waals surface area contributed by atoms with Gasteiger partial charge in [-0.1, -0.05) is 6.92 Å². The van der Waals surface area contributed by atoms with Crippen molar-refractivity contribution in [2.45, 2.75) is 58.3 Å². The molecule has 2 unspecified atom stereocenters. The van der Waals surface area contributed by atoms with Gasteiger partial charge in [-0.05, 0) is 68.6 Å². The van der Waals surface area contributed by atoms with Crippen LogP contribution >= 0.6 is 11.6 Å². The maximum atomic E-state index is 12.7. The molecule has 0 aromatic heterocycles. The predicted octanol–water partition coefficient (Wildman–Crippen LogP) is 3.73. The molecule has 4 fully saturated rings. The normalized spacial score (nSPS) is 43.5. The molecule has 0 aromatic rings. The summed E-state index contributed by atoms with van der Waals surface area (Å²) in [5.74, 6) is 2.69. The fraction of sp³-hybridized carbons (Fsp3) is 0.938. The maximum Gasteiger partial charge on any atom is 0.226 e. The first-order valence-electron chi connectivity index (χ1n) is 7.90. The number of amides is 1. The van der Waals surface area contributed by atoms with Gasteiger partial charge >= 0.3 is 0 Å². The number of hydrogen-bond acceptors (Lipinski definition) is 1. The lowest BCUT2D eigenvalue weighted by atomic mass is 9.44. The van der Waals surface area contributed by atoms with Gasteiger partial charge in [-0.25, -0.2) is 0 Å². The molecule has 0 radical (unpaired) electrons. The van der Waals surface area contributed by atoms with E-state index in [1.54, 1.807) is 0 Å². The van der Waals surface area contributed by atoms with E-state index in [0.717, 1.165) is 50.5 Å².